The second-order valence-electron chi connectivity index (χ2n) is 5.25. The number of aryl methyl sites for hydroxylation is 2. The van der Waals surface area contributed by atoms with E-state index in [1.165, 1.54) is 11.0 Å². The third-order valence-corrected chi connectivity index (χ3v) is 3.67. The molecule has 0 aliphatic heterocycles. The van der Waals surface area contributed by atoms with Crippen molar-refractivity contribution < 1.29 is 4.79 Å². The average molecular weight is 311 g/mol. The summed E-state index contributed by atoms with van der Waals surface area (Å²) in [6.07, 6.45) is 1.41. The third-order valence-electron chi connectivity index (χ3n) is 3.67. The highest BCUT2D eigenvalue weighted by molar-refractivity contribution is 5.96. The number of amides is 1. The summed E-state index contributed by atoms with van der Waals surface area (Å²) in [6, 6.07) is 9.32. The number of carbonyl (C=O) groups is 1. The minimum absolute atomic E-state index is 0.211. The van der Waals surface area contributed by atoms with Gasteiger partial charge in [-0.2, -0.15) is 5.10 Å². The van der Waals surface area contributed by atoms with Gasteiger partial charge >= 0.3 is 0 Å². The lowest BCUT2D eigenvalue weighted by Gasteiger charge is -2.13. The molecule has 0 radical (unpaired) electrons. The van der Waals surface area contributed by atoms with Crippen LogP contribution in [-0.2, 0) is 11.8 Å². The van der Waals surface area contributed by atoms with Gasteiger partial charge in [0.25, 0.3) is 0 Å². The van der Waals surface area contributed by atoms with Crippen molar-refractivity contribution in [2.75, 3.05) is 5.32 Å². The van der Waals surface area contributed by atoms with Crippen molar-refractivity contribution in [3.63, 3.8) is 0 Å². The molecule has 0 bridgehead atoms. The molecule has 1 aromatic carbocycles. The molecule has 3 aromatic rings. The lowest BCUT2D eigenvalue weighted by atomic mass is 10.1. The van der Waals surface area contributed by atoms with Gasteiger partial charge < -0.3 is 5.32 Å². The first-order chi connectivity index (χ1) is 11.1. The number of benzene rings is 1. The van der Waals surface area contributed by atoms with Crippen LogP contribution < -0.4 is 5.32 Å². The predicted molar refractivity (Wildman–Crippen MR) is 84.5 cm³/mol. The van der Waals surface area contributed by atoms with Crippen LogP contribution in [0, 0.1) is 6.92 Å². The van der Waals surface area contributed by atoms with Crippen molar-refractivity contribution >= 4 is 11.7 Å². The van der Waals surface area contributed by atoms with E-state index in [1.54, 1.807) is 18.7 Å². The highest BCUT2D eigenvalue weighted by Crippen LogP contribution is 2.31. The van der Waals surface area contributed by atoms with Crippen LogP contribution in [0.15, 0.2) is 36.7 Å². The van der Waals surface area contributed by atoms with Gasteiger partial charge in [-0.25, -0.2) is 4.68 Å². The summed E-state index contributed by atoms with van der Waals surface area (Å²) in [6.45, 7) is 3.65. The highest BCUT2D eigenvalue weighted by atomic mass is 16.2. The lowest BCUT2D eigenvalue weighted by molar-refractivity contribution is -0.119. The maximum atomic E-state index is 12.5. The van der Waals surface area contributed by atoms with E-state index in [0.29, 0.717) is 5.82 Å². The first-order valence-corrected chi connectivity index (χ1v) is 7.20. The standard InChI is InChI=1S/C15H17N7O/c1-10-13(12-7-5-4-6-8-12)14(21(3)18-10)17-15(23)11(2)22-9-16-19-20-22/h4-9,11H,1-3H3,(H,17,23)/t11-/m0/s1. The Labute approximate surface area is 133 Å². The number of carbonyl (C=O) groups excluding carboxylic acids is 1. The first-order valence-electron chi connectivity index (χ1n) is 7.20. The maximum absolute atomic E-state index is 12.5. The molecule has 1 amide bonds. The Morgan fingerprint density at radius 1 is 1.26 bits per heavy atom. The second kappa shape index (κ2) is 5.99. The van der Waals surface area contributed by atoms with E-state index in [9.17, 15) is 4.79 Å². The fourth-order valence-corrected chi connectivity index (χ4v) is 2.44. The molecule has 0 aliphatic carbocycles. The van der Waals surface area contributed by atoms with Gasteiger partial charge in [0.2, 0.25) is 5.91 Å². The largest absolute Gasteiger partial charge is 0.309 e. The molecule has 2 aromatic heterocycles. The average Bonchev–Trinajstić information content (AvgIpc) is 3.16. The van der Waals surface area contributed by atoms with E-state index in [4.69, 9.17) is 0 Å². The molecule has 3 rings (SSSR count). The van der Waals surface area contributed by atoms with E-state index < -0.39 is 6.04 Å². The number of nitrogens with zero attached hydrogens (tertiary/aromatic N) is 6. The molecule has 118 valence electrons. The predicted octanol–water partition coefficient (Wildman–Crippen LogP) is 1.58. The number of rotatable bonds is 4. The van der Waals surface area contributed by atoms with Crippen LogP contribution >= 0.6 is 0 Å². The fourth-order valence-electron chi connectivity index (χ4n) is 2.44. The number of aromatic nitrogens is 6. The normalized spacial score (nSPS) is 12.1. The van der Waals surface area contributed by atoms with Crippen LogP contribution in [0.3, 0.4) is 0 Å². The van der Waals surface area contributed by atoms with Gasteiger partial charge in [-0.15, -0.1) is 5.10 Å². The number of anilines is 1. The second-order valence-corrected chi connectivity index (χ2v) is 5.25. The van der Waals surface area contributed by atoms with Gasteiger partial charge in [0, 0.05) is 12.6 Å². The summed E-state index contributed by atoms with van der Waals surface area (Å²) in [5.41, 5.74) is 2.76. The van der Waals surface area contributed by atoms with Crippen LogP contribution in [0.25, 0.3) is 11.1 Å². The van der Waals surface area contributed by atoms with Crippen molar-refractivity contribution in [3.8, 4) is 11.1 Å². The molecule has 0 spiro atoms. The molecule has 0 unspecified atom stereocenters. The molecule has 0 fully saturated rings. The SMILES string of the molecule is Cc1nn(C)c(NC(=O)[C@H](C)n2cnnn2)c1-c1ccccc1. The van der Waals surface area contributed by atoms with E-state index in [-0.39, 0.29) is 5.91 Å². The molecule has 8 heteroatoms. The molecule has 8 nitrogen and oxygen atoms in total. The van der Waals surface area contributed by atoms with Crippen molar-refractivity contribution in [2.24, 2.45) is 7.05 Å². The molecule has 0 saturated heterocycles. The number of hydrogen-bond donors (Lipinski definition) is 1. The molecular formula is C15H17N7O. The first kappa shape index (κ1) is 14.9. The lowest BCUT2D eigenvalue weighted by Crippen LogP contribution is -2.25. The van der Waals surface area contributed by atoms with Gasteiger partial charge in [-0.1, -0.05) is 30.3 Å². The topological polar surface area (TPSA) is 90.5 Å². The van der Waals surface area contributed by atoms with Crippen LogP contribution in [0.2, 0.25) is 0 Å². The van der Waals surface area contributed by atoms with Gasteiger partial charge in [0.05, 0.1) is 5.69 Å². The monoisotopic (exact) mass is 311 g/mol. The summed E-state index contributed by atoms with van der Waals surface area (Å²) in [7, 11) is 1.80. The van der Waals surface area contributed by atoms with Crippen LogP contribution in [0.1, 0.15) is 18.7 Å². The van der Waals surface area contributed by atoms with Crippen LogP contribution in [0.5, 0.6) is 0 Å². The zero-order valence-corrected chi connectivity index (χ0v) is 13.1. The van der Waals surface area contributed by atoms with Crippen LogP contribution in [-0.4, -0.2) is 35.9 Å². The van der Waals surface area contributed by atoms with E-state index in [1.807, 2.05) is 37.3 Å². The summed E-state index contributed by atoms with van der Waals surface area (Å²) in [5, 5.41) is 18.2. The van der Waals surface area contributed by atoms with Gasteiger partial charge in [0.1, 0.15) is 18.2 Å². The molecule has 0 saturated carbocycles. The number of tetrazole rings is 1. The molecule has 1 atom stereocenters. The number of nitrogens with one attached hydrogen (secondary N) is 1. The van der Waals surface area contributed by atoms with E-state index in [2.05, 4.69) is 25.9 Å². The minimum Gasteiger partial charge on any atom is -0.309 e. The zero-order chi connectivity index (χ0) is 16.4. The third kappa shape index (κ3) is 2.83. The van der Waals surface area contributed by atoms with Crippen molar-refractivity contribution in [3.05, 3.63) is 42.4 Å². The number of hydrogen-bond acceptors (Lipinski definition) is 5. The smallest absolute Gasteiger partial charge is 0.250 e. The maximum Gasteiger partial charge on any atom is 0.250 e. The summed E-state index contributed by atoms with van der Waals surface area (Å²) >= 11 is 0. The minimum atomic E-state index is -0.524. The summed E-state index contributed by atoms with van der Waals surface area (Å²) in [5.74, 6) is 0.441. The van der Waals surface area contributed by atoms with Crippen molar-refractivity contribution in [2.45, 2.75) is 19.9 Å². The summed E-state index contributed by atoms with van der Waals surface area (Å²) in [4.78, 5) is 12.5. The molecule has 1 N–H and O–H groups in total. The Bertz CT molecular complexity index is 808. The molecular weight excluding hydrogens is 294 g/mol. The van der Waals surface area contributed by atoms with E-state index in [0.717, 1.165) is 16.8 Å². The highest BCUT2D eigenvalue weighted by Gasteiger charge is 2.21. The Kier molecular flexibility index (Phi) is 3.88. The molecule has 0 aliphatic rings. The van der Waals surface area contributed by atoms with Gasteiger partial charge in [0.15, 0.2) is 0 Å². The summed E-state index contributed by atoms with van der Waals surface area (Å²) < 4.78 is 3.07. The quantitative estimate of drug-likeness (QED) is 0.790. The molecule has 23 heavy (non-hydrogen) atoms. The van der Waals surface area contributed by atoms with Crippen LogP contribution in [0.4, 0.5) is 5.82 Å². The van der Waals surface area contributed by atoms with Gasteiger partial charge in [-0.05, 0) is 29.8 Å². The van der Waals surface area contributed by atoms with Crippen molar-refractivity contribution in [1.29, 1.82) is 0 Å². The zero-order valence-electron chi connectivity index (χ0n) is 13.1. The Morgan fingerprint density at radius 2 is 2.00 bits per heavy atom. The van der Waals surface area contributed by atoms with Gasteiger partial charge in [-0.3, -0.25) is 9.48 Å². The van der Waals surface area contributed by atoms with E-state index >= 15 is 0 Å². The molecule has 2 heterocycles. The Morgan fingerprint density at radius 3 is 2.65 bits per heavy atom. The fraction of sp³-hybridized carbons (Fsp3) is 0.267. The Hall–Kier alpha value is -3.03. The van der Waals surface area contributed by atoms with Crippen molar-refractivity contribution in [1.82, 2.24) is 30.0 Å². The Balaban J connectivity index is 1.93.